The molecular formula is C12H15BrN2O2S. The Labute approximate surface area is 119 Å². The van der Waals surface area contributed by atoms with Crippen LogP contribution in [0.2, 0.25) is 0 Å². The van der Waals surface area contributed by atoms with E-state index in [9.17, 15) is 4.79 Å². The second kappa shape index (κ2) is 6.54. The fourth-order valence-corrected chi connectivity index (χ4v) is 3.05. The van der Waals surface area contributed by atoms with Crippen molar-refractivity contribution in [3.05, 3.63) is 22.8 Å². The highest BCUT2D eigenvalue weighted by molar-refractivity contribution is 9.10. The molecule has 0 radical (unpaired) electrons. The molecule has 1 saturated carbocycles. The van der Waals surface area contributed by atoms with E-state index in [1.54, 1.807) is 18.0 Å². The molecule has 98 valence electrons. The van der Waals surface area contributed by atoms with Crippen LogP contribution in [0.25, 0.3) is 0 Å². The summed E-state index contributed by atoms with van der Waals surface area (Å²) in [6, 6.07) is 3.78. The summed E-state index contributed by atoms with van der Waals surface area (Å²) in [7, 11) is 0. The maximum Gasteiger partial charge on any atom is 0.320 e. The van der Waals surface area contributed by atoms with E-state index >= 15 is 0 Å². The molecule has 1 fully saturated rings. The molecule has 0 aromatic carbocycles. The topological polar surface area (TPSA) is 62.2 Å². The van der Waals surface area contributed by atoms with Gasteiger partial charge in [-0.3, -0.25) is 4.79 Å². The van der Waals surface area contributed by atoms with Gasteiger partial charge in [-0.25, -0.2) is 4.98 Å². The first kappa shape index (κ1) is 13.8. The number of thioether (sulfide) groups is 1. The molecule has 0 amide bonds. The Morgan fingerprint density at radius 1 is 1.67 bits per heavy atom. The molecule has 1 heterocycles. The van der Waals surface area contributed by atoms with Crippen molar-refractivity contribution in [2.24, 2.45) is 0 Å². The van der Waals surface area contributed by atoms with Gasteiger partial charge >= 0.3 is 5.97 Å². The predicted molar refractivity (Wildman–Crippen MR) is 74.9 cm³/mol. The molecule has 1 aliphatic rings. The molecule has 2 rings (SSSR count). The van der Waals surface area contributed by atoms with E-state index in [4.69, 9.17) is 5.11 Å². The average Bonchev–Trinajstić information content (AvgIpc) is 3.14. The van der Waals surface area contributed by atoms with Gasteiger partial charge in [0.05, 0.1) is 0 Å². The van der Waals surface area contributed by atoms with Crippen LogP contribution < -0.4 is 5.32 Å². The van der Waals surface area contributed by atoms with E-state index < -0.39 is 12.0 Å². The van der Waals surface area contributed by atoms with Gasteiger partial charge in [-0.15, -0.1) is 11.8 Å². The number of rotatable bonds is 7. The van der Waals surface area contributed by atoms with Crippen LogP contribution in [0.3, 0.4) is 0 Å². The van der Waals surface area contributed by atoms with E-state index in [2.05, 4.69) is 26.2 Å². The first-order valence-electron chi connectivity index (χ1n) is 5.89. The minimum Gasteiger partial charge on any atom is -0.480 e. The Morgan fingerprint density at radius 2 is 2.44 bits per heavy atom. The van der Waals surface area contributed by atoms with Crippen LogP contribution in [0.4, 0.5) is 0 Å². The Balaban J connectivity index is 1.79. The standard InChI is InChI=1S/C12H15BrN2O2S/c13-9-2-1-6-14-11(9)18-7-5-10(12(16)17)15-8-3-4-8/h1-2,6,8,10,15H,3-5,7H2,(H,16,17). The number of carbonyl (C=O) groups is 1. The van der Waals surface area contributed by atoms with Crippen molar-refractivity contribution in [1.82, 2.24) is 10.3 Å². The van der Waals surface area contributed by atoms with Crippen molar-refractivity contribution in [1.29, 1.82) is 0 Å². The number of nitrogens with zero attached hydrogens (tertiary/aromatic N) is 1. The number of halogens is 1. The SMILES string of the molecule is O=C(O)C(CCSc1ncccc1Br)NC1CC1. The minimum absolute atomic E-state index is 0.415. The van der Waals surface area contributed by atoms with Gasteiger partial charge in [-0.05, 0) is 47.3 Å². The second-order valence-electron chi connectivity index (χ2n) is 4.26. The molecule has 0 saturated heterocycles. The van der Waals surface area contributed by atoms with Crippen molar-refractivity contribution >= 4 is 33.7 Å². The molecule has 1 aromatic rings. The number of carboxylic acids is 1. The molecule has 4 nitrogen and oxygen atoms in total. The van der Waals surface area contributed by atoms with Crippen molar-refractivity contribution in [3.63, 3.8) is 0 Å². The third kappa shape index (κ3) is 4.26. The maximum absolute atomic E-state index is 11.1. The predicted octanol–water partition coefficient (Wildman–Crippen LogP) is 2.53. The Kier molecular flexibility index (Phi) is 5.03. The highest BCUT2D eigenvalue weighted by Gasteiger charge is 2.27. The molecule has 6 heteroatoms. The molecule has 0 aliphatic heterocycles. The Morgan fingerprint density at radius 3 is 3.06 bits per heavy atom. The van der Waals surface area contributed by atoms with Gasteiger partial charge in [0.25, 0.3) is 0 Å². The summed E-state index contributed by atoms with van der Waals surface area (Å²) in [4.78, 5) is 15.3. The van der Waals surface area contributed by atoms with Crippen molar-refractivity contribution in [2.45, 2.75) is 36.4 Å². The number of hydrogen-bond acceptors (Lipinski definition) is 4. The first-order valence-corrected chi connectivity index (χ1v) is 7.67. The fourth-order valence-electron chi connectivity index (χ4n) is 1.56. The molecule has 1 atom stereocenters. The summed E-state index contributed by atoms with van der Waals surface area (Å²) in [5.74, 6) is -0.0191. The van der Waals surface area contributed by atoms with E-state index in [1.165, 1.54) is 0 Å². The normalized spacial score (nSPS) is 16.5. The second-order valence-corrected chi connectivity index (χ2v) is 6.20. The number of nitrogens with one attached hydrogen (secondary N) is 1. The quantitative estimate of drug-likeness (QED) is 0.752. The molecule has 1 unspecified atom stereocenters. The summed E-state index contributed by atoms with van der Waals surface area (Å²) >= 11 is 5.01. The summed E-state index contributed by atoms with van der Waals surface area (Å²) < 4.78 is 0.956. The van der Waals surface area contributed by atoms with Crippen LogP contribution in [0.5, 0.6) is 0 Å². The van der Waals surface area contributed by atoms with Gasteiger partial charge in [0.1, 0.15) is 11.1 Å². The summed E-state index contributed by atoms with van der Waals surface area (Å²) in [5, 5.41) is 13.2. The highest BCUT2D eigenvalue weighted by atomic mass is 79.9. The van der Waals surface area contributed by atoms with Crippen LogP contribution in [0, 0.1) is 0 Å². The minimum atomic E-state index is -0.761. The van der Waals surface area contributed by atoms with Gasteiger partial charge in [-0.1, -0.05) is 0 Å². The van der Waals surface area contributed by atoms with E-state index in [1.807, 2.05) is 12.1 Å². The monoisotopic (exact) mass is 330 g/mol. The zero-order valence-corrected chi connectivity index (χ0v) is 12.2. The average molecular weight is 331 g/mol. The lowest BCUT2D eigenvalue weighted by Gasteiger charge is -2.13. The Bertz CT molecular complexity index is 426. The molecule has 2 N–H and O–H groups in total. The zero-order chi connectivity index (χ0) is 13.0. The van der Waals surface area contributed by atoms with Crippen molar-refractivity contribution in [3.8, 4) is 0 Å². The zero-order valence-electron chi connectivity index (χ0n) is 9.80. The van der Waals surface area contributed by atoms with E-state index in [-0.39, 0.29) is 0 Å². The smallest absolute Gasteiger partial charge is 0.320 e. The third-order valence-electron chi connectivity index (χ3n) is 2.68. The molecule has 0 spiro atoms. The van der Waals surface area contributed by atoms with Crippen LogP contribution in [0.1, 0.15) is 19.3 Å². The molecule has 1 aliphatic carbocycles. The van der Waals surface area contributed by atoms with Crippen LogP contribution in [0.15, 0.2) is 27.8 Å². The van der Waals surface area contributed by atoms with Gasteiger partial charge < -0.3 is 10.4 Å². The van der Waals surface area contributed by atoms with Crippen molar-refractivity contribution < 1.29 is 9.90 Å². The van der Waals surface area contributed by atoms with E-state index in [0.717, 1.165) is 28.1 Å². The number of aromatic nitrogens is 1. The number of aliphatic carboxylic acids is 1. The van der Waals surface area contributed by atoms with Gasteiger partial charge in [-0.2, -0.15) is 0 Å². The molecule has 1 aromatic heterocycles. The number of pyridine rings is 1. The van der Waals surface area contributed by atoms with Gasteiger partial charge in [0.15, 0.2) is 0 Å². The summed E-state index contributed by atoms with van der Waals surface area (Å²) in [6.07, 6.45) is 4.55. The number of carboxylic acid groups (broad SMARTS) is 1. The van der Waals surface area contributed by atoms with Gasteiger partial charge in [0.2, 0.25) is 0 Å². The van der Waals surface area contributed by atoms with Gasteiger partial charge in [0, 0.05) is 22.5 Å². The first-order chi connectivity index (χ1) is 8.66. The lowest BCUT2D eigenvalue weighted by Crippen LogP contribution is -2.38. The van der Waals surface area contributed by atoms with Crippen LogP contribution in [-0.2, 0) is 4.79 Å². The third-order valence-corrected chi connectivity index (χ3v) is 4.62. The maximum atomic E-state index is 11.1. The molecular weight excluding hydrogens is 316 g/mol. The lowest BCUT2D eigenvalue weighted by molar-refractivity contribution is -0.139. The summed E-state index contributed by atoms with van der Waals surface area (Å²) in [5.41, 5.74) is 0. The van der Waals surface area contributed by atoms with E-state index in [0.29, 0.717) is 12.5 Å². The van der Waals surface area contributed by atoms with Crippen LogP contribution >= 0.6 is 27.7 Å². The highest BCUT2D eigenvalue weighted by Crippen LogP contribution is 2.26. The largest absolute Gasteiger partial charge is 0.480 e. The fraction of sp³-hybridized carbons (Fsp3) is 0.500. The molecule has 18 heavy (non-hydrogen) atoms. The molecule has 0 bridgehead atoms. The number of hydrogen-bond donors (Lipinski definition) is 2. The van der Waals surface area contributed by atoms with Crippen LogP contribution in [-0.4, -0.2) is 33.9 Å². The van der Waals surface area contributed by atoms with Crippen molar-refractivity contribution in [2.75, 3.05) is 5.75 Å². The Hall–Kier alpha value is -0.590. The summed E-state index contributed by atoms with van der Waals surface area (Å²) in [6.45, 7) is 0. The lowest BCUT2D eigenvalue weighted by atomic mass is 10.2.